The fraction of sp³-hybridized carbons (Fsp3) is 0.462. The lowest BCUT2D eigenvalue weighted by Crippen LogP contribution is -2.29. The number of aryl methyl sites for hydroxylation is 1. The number of benzene rings is 1. The summed E-state index contributed by atoms with van der Waals surface area (Å²) in [7, 11) is -2.07. The highest BCUT2D eigenvalue weighted by molar-refractivity contribution is 7.89. The maximum absolute atomic E-state index is 12.3. The van der Waals surface area contributed by atoms with Crippen LogP contribution in [-0.4, -0.2) is 32.3 Å². The van der Waals surface area contributed by atoms with Gasteiger partial charge in [0.25, 0.3) is 5.91 Å². The summed E-state index contributed by atoms with van der Waals surface area (Å²) in [6.07, 6.45) is 2.02. The monoisotopic (exact) mass is 282 g/mol. The van der Waals surface area contributed by atoms with Crippen molar-refractivity contribution in [3.05, 3.63) is 28.8 Å². The maximum Gasteiger partial charge on any atom is 0.253 e. The van der Waals surface area contributed by atoms with Crippen molar-refractivity contribution in [3.8, 4) is 0 Å². The zero-order valence-corrected chi connectivity index (χ0v) is 12.1. The molecular weight excluding hydrogens is 264 g/mol. The average molecular weight is 282 g/mol. The maximum atomic E-state index is 12.3. The van der Waals surface area contributed by atoms with Gasteiger partial charge >= 0.3 is 0 Å². The van der Waals surface area contributed by atoms with Gasteiger partial charge in [0.05, 0.1) is 4.90 Å². The molecule has 0 bridgehead atoms. The first-order chi connectivity index (χ1) is 8.71. The van der Waals surface area contributed by atoms with Crippen LogP contribution in [0, 0.1) is 13.8 Å². The molecule has 0 unspecified atom stereocenters. The molecule has 0 radical (unpaired) electrons. The third-order valence-corrected chi connectivity index (χ3v) is 4.63. The zero-order chi connectivity index (χ0) is 14.4. The van der Waals surface area contributed by atoms with E-state index in [1.54, 1.807) is 31.9 Å². The Bertz CT molecular complexity index is 634. The van der Waals surface area contributed by atoms with Crippen molar-refractivity contribution < 1.29 is 13.2 Å². The minimum Gasteiger partial charge on any atom is -0.339 e. The number of rotatable bonds is 3. The average Bonchev–Trinajstić information content (AvgIpc) is 3.13. The van der Waals surface area contributed by atoms with Gasteiger partial charge in [-0.3, -0.25) is 4.79 Å². The van der Waals surface area contributed by atoms with Crippen LogP contribution in [0.5, 0.6) is 0 Å². The molecule has 0 heterocycles. The van der Waals surface area contributed by atoms with Gasteiger partial charge in [0, 0.05) is 18.7 Å². The third kappa shape index (κ3) is 2.79. The van der Waals surface area contributed by atoms with Crippen LogP contribution >= 0.6 is 0 Å². The van der Waals surface area contributed by atoms with Gasteiger partial charge < -0.3 is 4.90 Å². The highest BCUT2D eigenvalue weighted by Gasteiger charge is 2.30. The Morgan fingerprint density at radius 3 is 2.37 bits per heavy atom. The van der Waals surface area contributed by atoms with Crippen molar-refractivity contribution >= 4 is 15.9 Å². The SMILES string of the molecule is Cc1cc(C(=O)N(C)C2CC2)cc(S(N)(=O)=O)c1C. The van der Waals surface area contributed by atoms with E-state index in [9.17, 15) is 13.2 Å². The van der Waals surface area contributed by atoms with Crippen molar-refractivity contribution in [1.82, 2.24) is 4.90 Å². The first-order valence-corrected chi connectivity index (χ1v) is 7.67. The van der Waals surface area contributed by atoms with Crippen LogP contribution in [0.3, 0.4) is 0 Å². The van der Waals surface area contributed by atoms with E-state index in [2.05, 4.69) is 0 Å². The molecule has 0 aliphatic heterocycles. The topological polar surface area (TPSA) is 80.5 Å². The molecule has 1 aliphatic rings. The summed E-state index contributed by atoms with van der Waals surface area (Å²) < 4.78 is 23.1. The smallest absolute Gasteiger partial charge is 0.253 e. The van der Waals surface area contributed by atoms with Crippen molar-refractivity contribution in [1.29, 1.82) is 0 Å². The Hall–Kier alpha value is -1.40. The molecule has 2 rings (SSSR count). The fourth-order valence-electron chi connectivity index (χ4n) is 2.08. The molecule has 1 fully saturated rings. The Morgan fingerprint density at radius 1 is 1.32 bits per heavy atom. The molecule has 104 valence electrons. The van der Waals surface area contributed by atoms with E-state index in [-0.39, 0.29) is 16.8 Å². The molecule has 0 spiro atoms. The lowest BCUT2D eigenvalue weighted by Gasteiger charge is -2.18. The van der Waals surface area contributed by atoms with E-state index in [1.807, 2.05) is 0 Å². The third-order valence-electron chi connectivity index (χ3n) is 3.59. The number of nitrogens with zero attached hydrogens (tertiary/aromatic N) is 1. The predicted octanol–water partition coefficient (Wildman–Crippen LogP) is 1.19. The summed E-state index contributed by atoms with van der Waals surface area (Å²) in [6.45, 7) is 3.46. The molecule has 0 atom stereocenters. The van der Waals surface area contributed by atoms with Crippen molar-refractivity contribution in [2.75, 3.05) is 7.05 Å². The molecule has 1 aliphatic carbocycles. The normalized spacial score (nSPS) is 15.4. The number of nitrogens with two attached hydrogens (primary N) is 1. The van der Waals surface area contributed by atoms with Crippen molar-refractivity contribution in [2.45, 2.75) is 37.6 Å². The number of hydrogen-bond donors (Lipinski definition) is 1. The number of amides is 1. The van der Waals surface area contributed by atoms with E-state index in [1.165, 1.54) is 6.07 Å². The fourth-order valence-corrected chi connectivity index (χ4v) is 2.96. The number of carbonyl (C=O) groups excluding carboxylic acids is 1. The second-order valence-electron chi connectivity index (χ2n) is 5.11. The highest BCUT2D eigenvalue weighted by Crippen LogP contribution is 2.28. The summed E-state index contributed by atoms with van der Waals surface area (Å²) in [5.41, 5.74) is 1.72. The van der Waals surface area contributed by atoms with E-state index in [4.69, 9.17) is 5.14 Å². The largest absolute Gasteiger partial charge is 0.339 e. The second kappa shape index (κ2) is 4.61. The van der Waals surface area contributed by atoms with Crippen LogP contribution in [0.15, 0.2) is 17.0 Å². The molecule has 5 nitrogen and oxygen atoms in total. The van der Waals surface area contributed by atoms with E-state index in [0.29, 0.717) is 11.1 Å². The number of carbonyl (C=O) groups is 1. The van der Waals surface area contributed by atoms with E-state index in [0.717, 1.165) is 18.4 Å². The van der Waals surface area contributed by atoms with Gasteiger partial charge in [-0.1, -0.05) is 0 Å². The van der Waals surface area contributed by atoms with E-state index >= 15 is 0 Å². The van der Waals surface area contributed by atoms with Gasteiger partial charge in [0.15, 0.2) is 0 Å². The van der Waals surface area contributed by atoms with Gasteiger partial charge in [-0.2, -0.15) is 0 Å². The number of primary sulfonamides is 1. The van der Waals surface area contributed by atoms with Crippen LogP contribution in [-0.2, 0) is 10.0 Å². The first kappa shape index (κ1) is 14.0. The molecule has 2 N–H and O–H groups in total. The minimum absolute atomic E-state index is 0.0278. The molecule has 0 saturated heterocycles. The van der Waals surface area contributed by atoms with Crippen LogP contribution in [0.25, 0.3) is 0 Å². The molecule has 1 amide bonds. The molecule has 19 heavy (non-hydrogen) atoms. The first-order valence-electron chi connectivity index (χ1n) is 6.13. The second-order valence-corrected chi connectivity index (χ2v) is 6.64. The van der Waals surface area contributed by atoms with Crippen LogP contribution in [0.1, 0.15) is 34.3 Å². The molecular formula is C13H18N2O3S. The molecule has 6 heteroatoms. The molecule has 1 aromatic rings. The summed E-state index contributed by atoms with van der Waals surface area (Å²) in [4.78, 5) is 14.0. The summed E-state index contributed by atoms with van der Waals surface area (Å²) in [6, 6.07) is 3.37. The van der Waals surface area contributed by atoms with Crippen molar-refractivity contribution in [2.24, 2.45) is 5.14 Å². The summed E-state index contributed by atoms with van der Waals surface area (Å²) >= 11 is 0. The van der Waals surface area contributed by atoms with Crippen LogP contribution in [0.4, 0.5) is 0 Å². The minimum atomic E-state index is -3.81. The number of sulfonamides is 1. The Morgan fingerprint density at radius 2 is 1.89 bits per heavy atom. The van der Waals surface area contributed by atoms with Gasteiger partial charge in [-0.25, -0.2) is 13.6 Å². The Labute approximate surface area is 113 Å². The van der Waals surface area contributed by atoms with Crippen molar-refractivity contribution in [3.63, 3.8) is 0 Å². The van der Waals surface area contributed by atoms with Gasteiger partial charge in [0.2, 0.25) is 10.0 Å². The van der Waals surface area contributed by atoms with E-state index < -0.39 is 10.0 Å². The molecule has 1 saturated carbocycles. The lowest BCUT2D eigenvalue weighted by atomic mass is 10.1. The quantitative estimate of drug-likeness (QED) is 0.904. The standard InChI is InChI=1S/C13H18N2O3S/c1-8-6-10(13(16)15(3)11-4-5-11)7-12(9(8)2)19(14,17)18/h6-7,11H,4-5H2,1-3H3,(H2,14,17,18). The highest BCUT2D eigenvalue weighted by atomic mass is 32.2. The summed E-state index contributed by atoms with van der Waals surface area (Å²) in [5.74, 6) is -0.157. The van der Waals surface area contributed by atoms with Crippen LogP contribution in [0.2, 0.25) is 0 Å². The van der Waals surface area contributed by atoms with Gasteiger partial charge in [0.1, 0.15) is 0 Å². The van der Waals surface area contributed by atoms with Gasteiger partial charge in [-0.05, 0) is 49.9 Å². The van der Waals surface area contributed by atoms with Gasteiger partial charge in [-0.15, -0.1) is 0 Å². The van der Waals surface area contributed by atoms with Crippen LogP contribution < -0.4 is 5.14 Å². The molecule has 1 aromatic carbocycles. The molecule has 0 aromatic heterocycles. The Balaban J connectivity index is 2.47. The zero-order valence-electron chi connectivity index (χ0n) is 11.3. The summed E-state index contributed by atoms with van der Waals surface area (Å²) in [5, 5.41) is 5.19. The number of hydrogen-bond acceptors (Lipinski definition) is 3. The predicted molar refractivity (Wildman–Crippen MR) is 72.4 cm³/mol. The Kier molecular flexibility index (Phi) is 3.40. The lowest BCUT2D eigenvalue weighted by molar-refractivity contribution is 0.0784.